The summed E-state index contributed by atoms with van der Waals surface area (Å²) in [6.45, 7) is 1.89. The lowest BCUT2D eigenvalue weighted by Crippen LogP contribution is -2.63. The number of esters is 2. The number of hydrogen-bond donors (Lipinski definition) is 1. The predicted molar refractivity (Wildman–Crippen MR) is 99.1 cm³/mol. The van der Waals surface area contributed by atoms with Crippen LogP contribution in [0.15, 0.2) is 35.5 Å². The highest BCUT2D eigenvalue weighted by Crippen LogP contribution is 2.64. The van der Waals surface area contributed by atoms with E-state index in [9.17, 15) is 9.59 Å². The number of methoxy groups -OCH3 is 2. The van der Waals surface area contributed by atoms with Crippen LogP contribution in [0.4, 0.5) is 5.69 Å². The number of anilines is 1. The van der Waals surface area contributed by atoms with Crippen molar-refractivity contribution in [3.63, 3.8) is 0 Å². The van der Waals surface area contributed by atoms with Gasteiger partial charge < -0.3 is 14.8 Å². The molecule has 1 aromatic rings. The van der Waals surface area contributed by atoms with Crippen LogP contribution in [0.1, 0.15) is 31.2 Å². The van der Waals surface area contributed by atoms with Crippen LogP contribution in [0.5, 0.6) is 0 Å². The molecular formula is C21H24N2O4. The molecule has 2 fully saturated rings. The number of benzene rings is 1. The fraction of sp³-hybridized carbons (Fsp3) is 0.524. The molecule has 3 atom stereocenters. The van der Waals surface area contributed by atoms with E-state index in [0.29, 0.717) is 12.0 Å². The molecule has 1 N–H and O–H groups in total. The summed E-state index contributed by atoms with van der Waals surface area (Å²) in [5.41, 5.74) is 2.65. The number of nitrogens with zero attached hydrogens (tertiary/aromatic N) is 1. The minimum absolute atomic E-state index is 0.00533. The van der Waals surface area contributed by atoms with Gasteiger partial charge in [0.25, 0.3) is 0 Å². The van der Waals surface area contributed by atoms with Crippen LogP contribution in [-0.4, -0.2) is 50.2 Å². The number of piperidine rings is 1. The summed E-state index contributed by atoms with van der Waals surface area (Å²) in [5, 5.41) is 3.53. The van der Waals surface area contributed by atoms with Crippen LogP contribution >= 0.6 is 0 Å². The fourth-order valence-corrected chi connectivity index (χ4v) is 6.32. The molecule has 0 aromatic heterocycles. The second-order valence-corrected chi connectivity index (χ2v) is 8.10. The lowest BCUT2D eigenvalue weighted by Gasteiger charge is -2.54. The van der Waals surface area contributed by atoms with Gasteiger partial charge in [0.1, 0.15) is 0 Å². The van der Waals surface area contributed by atoms with Crippen molar-refractivity contribution >= 4 is 17.6 Å². The molecule has 0 radical (unpaired) electrons. The molecule has 6 heteroatoms. The Balaban J connectivity index is 1.82. The first-order valence-electron chi connectivity index (χ1n) is 9.59. The number of nitrogens with one attached hydrogen (secondary N) is 1. The Morgan fingerprint density at radius 3 is 2.74 bits per heavy atom. The Bertz CT molecular complexity index is 879. The van der Waals surface area contributed by atoms with E-state index in [4.69, 9.17) is 9.47 Å². The molecule has 0 bridgehead atoms. The molecule has 0 amide bonds. The number of carbonyl (C=O) groups excluding carboxylic acids is 2. The van der Waals surface area contributed by atoms with E-state index < -0.39 is 5.41 Å². The van der Waals surface area contributed by atoms with Gasteiger partial charge in [-0.1, -0.05) is 18.2 Å². The van der Waals surface area contributed by atoms with Gasteiger partial charge in [0.2, 0.25) is 0 Å². The predicted octanol–water partition coefficient (Wildman–Crippen LogP) is 2.21. The third kappa shape index (κ3) is 1.89. The maximum atomic E-state index is 13.2. The summed E-state index contributed by atoms with van der Waals surface area (Å²) in [6, 6.07) is 8.23. The quantitative estimate of drug-likeness (QED) is 0.808. The van der Waals surface area contributed by atoms with E-state index >= 15 is 0 Å². The van der Waals surface area contributed by atoms with Gasteiger partial charge in [0, 0.05) is 17.4 Å². The lowest BCUT2D eigenvalue weighted by atomic mass is 9.54. The maximum absolute atomic E-state index is 13.2. The number of hydrogen-bond acceptors (Lipinski definition) is 6. The molecule has 5 rings (SSSR count). The van der Waals surface area contributed by atoms with Crippen molar-refractivity contribution in [1.82, 2.24) is 4.90 Å². The number of para-hydroxylation sites is 1. The van der Waals surface area contributed by atoms with Gasteiger partial charge in [-0.3, -0.25) is 9.69 Å². The molecule has 142 valence electrons. The highest BCUT2D eigenvalue weighted by molar-refractivity contribution is 5.95. The fourth-order valence-electron chi connectivity index (χ4n) is 6.32. The first-order valence-corrected chi connectivity index (χ1v) is 9.59. The summed E-state index contributed by atoms with van der Waals surface area (Å²) >= 11 is 0. The van der Waals surface area contributed by atoms with Crippen LogP contribution in [-0.2, 0) is 24.5 Å². The first-order chi connectivity index (χ1) is 13.1. The third-order valence-electron chi connectivity index (χ3n) is 7.15. The van der Waals surface area contributed by atoms with Gasteiger partial charge in [-0.05, 0) is 50.4 Å². The lowest BCUT2D eigenvalue weighted by molar-refractivity contribution is -0.163. The molecule has 3 aliphatic heterocycles. The van der Waals surface area contributed by atoms with E-state index in [0.717, 1.165) is 43.7 Å². The monoisotopic (exact) mass is 368 g/mol. The molecule has 27 heavy (non-hydrogen) atoms. The number of fused-ring (bicyclic) bond motifs is 1. The number of rotatable bonds is 2. The van der Waals surface area contributed by atoms with Crippen molar-refractivity contribution in [1.29, 1.82) is 0 Å². The van der Waals surface area contributed by atoms with E-state index in [1.54, 1.807) is 0 Å². The van der Waals surface area contributed by atoms with E-state index in [1.165, 1.54) is 19.8 Å². The van der Waals surface area contributed by atoms with Crippen LogP contribution in [0, 0.1) is 5.41 Å². The zero-order chi connectivity index (χ0) is 18.8. The minimum atomic E-state index is -0.713. The van der Waals surface area contributed by atoms with E-state index in [2.05, 4.69) is 22.3 Å². The molecular weight excluding hydrogens is 344 g/mol. The zero-order valence-corrected chi connectivity index (χ0v) is 15.7. The Labute approximate surface area is 158 Å². The molecule has 6 nitrogen and oxygen atoms in total. The van der Waals surface area contributed by atoms with Gasteiger partial charge >= 0.3 is 11.9 Å². The molecule has 1 aliphatic carbocycles. The normalized spacial score (nSPS) is 33.6. The van der Waals surface area contributed by atoms with Crippen LogP contribution in [0.3, 0.4) is 0 Å². The van der Waals surface area contributed by atoms with E-state index in [1.807, 2.05) is 12.1 Å². The largest absolute Gasteiger partial charge is 0.469 e. The van der Waals surface area contributed by atoms with Crippen molar-refractivity contribution in [3.8, 4) is 0 Å². The van der Waals surface area contributed by atoms with Crippen molar-refractivity contribution in [2.24, 2.45) is 5.41 Å². The second-order valence-electron chi connectivity index (χ2n) is 8.10. The summed E-state index contributed by atoms with van der Waals surface area (Å²) in [5.74, 6) is -0.557. The number of ether oxygens (including phenoxy) is 2. The minimum Gasteiger partial charge on any atom is -0.469 e. The van der Waals surface area contributed by atoms with Crippen molar-refractivity contribution < 1.29 is 19.1 Å². The molecule has 2 saturated heterocycles. The summed E-state index contributed by atoms with van der Waals surface area (Å²) < 4.78 is 10.4. The Hall–Kier alpha value is -2.34. The van der Waals surface area contributed by atoms with Gasteiger partial charge in [-0.25, -0.2) is 4.79 Å². The van der Waals surface area contributed by atoms with Crippen LogP contribution in [0.2, 0.25) is 0 Å². The maximum Gasteiger partial charge on any atom is 0.335 e. The molecule has 1 aromatic carbocycles. The molecule has 1 spiro atoms. The smallest absolute Gasteiger partial charge is 0.335 e. The molecule has 0 unspecified atom stereocenters. The van der Waals surface area contributed by atoms with Gasteiger partial charge in [-0.2, -0.15) is 0 Å². The summed E-state index contributed by atoms with van der Waals surface area (Å²) in [7, 11) is 2.86. The average molecular weight is 368 g/mol. The topological polar surface area (TPSA) is 67.9 Å². The van der Waals surface area contributed by atoms with Crippen LogP contribution in [0.25, 0.3) is 0 Å². The van der Waals surface area contributed by atoms with Gasteiger partial charge in [0.15, 0.2) is 0 Å². The van der Waals surface area contributed by atoms with Crippen molar-refractivity contribution in [2.45, 2.75) is 37.1 Å². The molecule has 4 aliphatic rings. The summed E-state index contributed by atoms with van der Waals surface area (Å²) in [6.07, 6.45) is 2.92. The average Bonchev–Trinajstić information content (AvgIpc) is 3.27. The number of carbonyl (C=O) groups is 2. The Morgan fingerprint density at radius 2 is 1.96 bits per heavy atom. The first kappa shape index (κ1) is 16.8. The molecule has 3 heterocycles. The van der Waals surface area contributed by atoms with E-state index in [-0.39, 0.29) is 23.4 Å². The highest BCUT2D eigenvalue weighted by atomic mass is 16.5. The van der Waals surface area contributed by atoms with Crippen LogP contribution < -0.4 is 5.32 Å². The summed E-state index contributed by atoms with van der Waals surface area (Å²) in [4.78, 5) is 28.4. The second kappa shape index (κ2) is 5.58. The SMILES string of the molecule is COC(=O)C1=C2Nc3ccccc3[C@@]23CCN2CCC[C@@](C(=O)OC)(C1)[C@H]23. The molecule has 0 saturated carbocycles. The zero-order valence-electron chi connectivity index (χ0n) is 15.7. The van der Waals surface area contributed by atoms with Crippen molar-refractivity contribution in [2.75, 3.05) is 32.6 Å². The van der Waals surface area contributed by atoms with Gasteiger partial charge in [0.05, 0.1) is 30.6 Å². The standard InChI is InChI=1S/C21H24N2O4/c1-26-17(24)13-12-20(19(25)27-2)8-5-10-23-11-9-21(18(20)23)14-6-3-4-7-15(14)22-16(13)21/h3-4,6-7,18,22H,5,8-12H2,1-2H3/t18-,20+,21-/m0/s1. The highest BCUT2D eigenvalue weighted by Gasteiger charge is 2.69. The Morgan fingerprint density at radius 1 is 1.15 bits per heavy atom. The Kier molecular flexibility index (Phi) is 3.47. The van der Waals surface area contributed by atoms with Gasteiger partial charge in [-0.15, -0.1) is 0 Å². The van der Waals surface area contributed by atoms with Crippen molar-refractivity contribution in [3.05, 3.63) is 41.1 Å². The third-order valence-corrected chi connectivity index (χ3v) is 7.15.